The van der Waals surface area contributed by atoms with E-state index < -0.39 is 11.7 Å². The summed E-state index contributed by atoms with van der Waals surface area (Å²) in [5.74, 6) is 0.476. The topological polar surface area (TPSA) is 3.01 Å². The van der Waals surface area contributed by atoms with Crippen LogP contribution in [0.1, 0.15) is 11.1 Å². The minimum atomic E-state index is -4.30. The van der Waals surface area contributed by atoms with Crippen molar-refractivity contribution in [3.05, 3.63) is 59.7 Å². The van der Waals surface area contributed by atoms with Gasteiger partial charge in [0.2, 0.25) is 5.69 Å². The number of fused-ring (bicyclic) bond motifs is 1. The molecule has 2 aromatic rings. The van der Waals surface area contributed by atoms with Crippen molar-refractivity contribution < 1.29 is 17.7 Å². The maximum absolute atomic E-state index is 13.0. The van der Waals surface area contributed by atoms with E-state index in [1.165, 1.54) is 17.8 Å². The molecule has 102 valence electrons. The first-order chi connectivity index (χ1) is 9.55. The molecule has 1 nitrogen and oxygen atoms in total. The van der Waals surface area contributed by atoms with Crippen LogP contribution in [-0.4, -0.2) is 16.7 Å². The molecule has 20 heavy (non-hydrogen) atoms. The Balaban J connectivity index is 2.07. The van der Waals surface area contributed by atoms with E-state index in [1.807, 2.05) is 34.9 Å². The van der Waals surface area contributed by atoms with Gasteiger partial charge in [0.05, 0.1) is 11.1 Å². The Hall–Kier alpha value is -1.75. The maximum Gasteiger partial charge on any atom is 0.417 e. The molecule has 0 saturated heterocycles. The Morgan fingerprint density at radius 3 is 2.40 bits per heavy atom. The van der Waals surface area contributed by atoms with Gasteiger partial charge in [0.1, 0.15) is 0 Å². The van der Waals surface area contributed by atoms with Gasteiger partial charge in [-0.3, -0.25) is 0 Å². The number of thioether (sulfide) groups is 1. The molecule has 0 amide bonds. The van der Waals surface area contributed by atoms with E-state index in [1.54, 1.807) is 12.3 Å². The summed E-state index contributed by atoms with van der Waals surface area (Å²) >= 11 is 1.22. The normalized spacial score (nSPS) is 14.7. The summed E-state index contributed by atoms with van der Waals surface area (Å²) in [6, 6.07) is 13.9. The third kappa shape index (κ3) is 2.45. The predicted molar refractivity (Wildman–Crippen MR) is 73.7 cm³/mol. The van der Waals surface area contributed by atoms with E-state index >= 15 is 0 Å². The van der Waals surface area contributed by atoms with Crippen molar-refractivity contribution in [2.75, 3.05) is 5.88 Å². The largest absolute Gasteiger partial charge is 0.417 e. The number of hydrogen-bond acceptors (Lipinski definition) is 1. The number of rotatable bonds is 1. The van der Waals surface area contributed by atoms with Crippen LogP contribution >= 0.6 is 11.8 Å². The molecule has 0 radical (unpaired) electrons. The Kier molecular flexibility index (Phi) is 3.30. The Labute approximate surface area is 118 Å². The van der Waals surface area contributed by atoms with Crippen LogP contribution in [0.5, 0.6) is 0 Å². The van der Waals surface area contributed by atoms with E-state index in [2.05, 4.69) is 0 Å². The molecule has 0 N–H and O–H groups in total. The maximum atomic E-state index is 13.0. The average Bonchev–Trinajstić information content (AvgIpc) is 2.46. The molecule has 0 aromatic heterocycles. The van der Waals surface area contributed by atoms with Crippen molar-refractivity contribution >= 4 is 23.7 Å². The second-order valence-electron chi connectivity index (χ2n) is 4.43. The fourth-order valence-corrected chi connectivity index (χ4v) is 3.27. The summed E-state index contributed by atoms with van der Waals surface area (Å²) in [5, 5.41) is 0. The van der Waals surface area contributed by atoms with Crippen LogP contribution in [0.25, 0.3) is 0 Å². The second kappa shape index (κ2) is 4.98. The van der Waals surface area contributed by atoms with Gasteiger partial charge in [-0.15, -0.1) is 0 Å². The fraction of sp³-hybridized carbons (Fsp3) is 0.133. The van der Waals surface area contributed by atoms with E-state index in [4.69, 9.17) is 0 Å². The second-order valence-corrected chi connectivity index (χ2v) is 5.38. The summed E-state index contributed by atoms with van der Waals surface area (Å²) in [7, 11) is 0. The fourth-order valence-electron chi connectivity index (χ4n) is 2.15. The van der Waals surface area contributed by atoms with Crippen LogP contribution in [0.15, 0.2) is 53.4 Å². The monoisotopic (exact) mass is 294 g/mol. The number of alkyl halides is 3. The molecule has 0 aliphatic carbocycles. The first kappa shape index (κ1) is 13.2. The van der Waals surface area contributed by atoms with E-state index in [0.29, 0.717) is 16.3 Å². The lowest BCUT2D eigenvalue weighted by Crippen LogP contribution is -2.16. The zero-order valence-electron chi connectivity index (χ0n) is 10.4. The molecule has 1 aliphatic heterocycles. The van der Waals surface area contributed by atoms with Crippen LogP contribution in [0.4, 0.5) is 18.9 Å². The van der Waals surface area contributed by atoms with Crippen LogP contribution in [-0.2, 0) is 6.18 Å². The van der Waals surface area contributed by atoms with Crippen molar-refractivity contribution in [2.24, 2.45) is 0 Å². The van der Waals surface area contributed by atoms with Crippen LogP contribution in [0, 0.1) is 0 Å². The summed E-state index contributed by atoms with van der Waals surface area (Å²) < 4.78 is 40.8. The molecule has 0 bridgehead atoms. The highest BCUT2D eigenvalue weighted by Crippen LogP contribution is 2.40. The first-order valence-corrected chi connectivity index (χ1v) is 7.04. The molecule has 0 unspecified atom stereocenters. The van der Waals surface area contributed by atoms with Gasteiger partial charge in [0.15, 0.2) is 12.1 Å². The molecule has 5 heteroatoms. The number of nitrogens with zero attached hydrogens (tertiary/aromatic N) is 1. The van der Waals surface area contributed by atoms with Gasteiger partial charge < -0.3 is 0 Å². The van der Waals surface area contributed by atoms with Gasteiger partial charge in [0.25, 0.3) is 0 Å². The first-order valence-electron chi connectivity index (χ1n) is 6.05. The van der Waals surface area contributed by atoms with Crippen LogP contribution in [0.2, 0.25) is 0 Å². The standard InChI is InChI=1S/C15H11F3NS/c16-15(17,18)13-8-4-5-11-9-19(10-20-14(11)13)12-6-2-1-3-7-12/h1-9H,10H2/q+1. The molecule has 0 spiro atoms. The summed E-state index contributed by atoms with van der Waals surface area (Å²) in [6.45, 7) is 0. The van der Waals surface area contributed by atoms with Gasteiger partial charge >= 0.3 is 6.18 Å². The van der Waals surface area contributed by atoms with E-state index in [9.17, 15) is 13.2 Å². The lowest BCUT2D eigenvalue weighted by atomic mass is 10.1. The quantitative estimate of drug-likeness (QED) is 0.698. The zero-order valence-corrected chi connectivity index (χ0v) is 11.2. The Bertz CT molecular complexity index is 663. The van der Waals surface area contributed by atoms with Crippen molar-refractivity contribution in [2.45, 2.75) is 11.1 Å². The van der Waals surface area contributed by atoms with Gasteiger partial charge in [-0.05, 0) is 12.1 Å². The summed E-state index contributed by atoms with van der Waals surface area (Å²) in [6.07, 6.45) is -2.53. The number of hydrogen-bond donors (Lipinski definition) is 0. The van der Waals surface area contributed by atoms with Gasteiger partial charge in [-0.1, -0.05) is 36.0 Å². The number of halogens is 3. The SMILES string of the molecule is FC(F)(F)c1cccc2c1SC[N+](c1ccccc1)=C2. The van der Waals surface area contributed by atoms with Crippen LogP contribution in [0.3, 0.4) is 0 Å². The van der Waals surface area contributed by atoms with Crippen LogP contribution < -0.4 is 0 Å². The van der Waals surface area contributed by atoms with Gasteiger partial charge in [-0.25, -0.2) is 0 Å². The number of benzene rings is 2. The Morgan fingerprint density at radius 2 is 1.70 bits per heavy atom. The average molecular weight is 294 g/mol. The van der Waals surface area contributed by atoms with Gasteiger partial charge in [-0.2, -0.15) is 17.7 Å². The molecule has 1 aliphatic rings. The zero-order chi connectivity index (χ0) is 14.2. The minimum absolute atomic E-state index is 0.312. The molecular weight excluding hydrogens is 283 g/mol. The predicted octanol–water partition coefficient (Wildman–Crippen LogP) is 4.53. The lowest BCUT2D eigenvalue weighted by Gasteiger charge is -2.16. The highest BCUT2D eigenvalue weighted by Gasteiger charge is 2.36. The van der Waals surface area contributed by atoms with Crippen molar-refractivity contribution in [3.8, 4) is 0 Å². The minimum Gasteiger partial charge on any atom is -0.188 e. The smallest absolute Gasteiger partial charge is 0.188 e. The highest BCUT2D eigenvalue weighted by atomic mass is 32.2. The highest BCUT2D eigenvalue weighted by molar-refractivity contribution is 7.99. The Morgan fingerprint density at radius 1 is 0.950 bits per heavy atom. The third-order valence-electron chi connectivity index (χ3n) is 3.08. The summed E-state index contributed by atoms with van der Waals surface area (Å²) in [5.41, 5.74) is 1.03. The lowest BCUT2D eigenvalue weighted by molar-refractivity contribution is -0.411. The summed E-state index contributed by atoms with van der Waals surface area (Å²) in [4.78, 5) is 0.312. The molecule has 3 rings (SSSR count). The van der Waals surface area contributed by atoms with E-state index in [-0.39, 0.29) is 0 Å². The van der Waals surface area contributed by atoms with Crippen molar-refractivity contribution in [1.29, 1.82) is 0 Å². The molecular formula is C15H11F3NS+. The third-order valence-corrected chi connectivity index (χ3v) is 4.23. The van der Waals surface area contributed by atoms with Gasteiger partial charge in [0, 0.05) is 17.0 Å². The molecule has 0 atom stereocenters. The molecule has 2 aromatic carbocycles. The van der Waals surface area contributed by atoms with Crippen molar-refractivity contribution in [1.82, 2.24) is 0 Å². The van der Waals surface area contributed by atoms with Crippen molar-refractivity contribution in [3.63, 3.8) is 0 Å². The number of para-hydroxylation sites is 1. The molecule has 0 saturated carbocycles. The molecule has 0 fully saturated rings. The van der Waals surface area contributed by atoms with E-state index in [0.717, 1.165) is 11.8 Å². The molecule has 1 heterocycles.